The molecule has 0 aromatic heterocycles. The molecule has 21 heavy (non-hydrogen) atoms. The summed E-state index contributed by atoms with van der Waals surface area (Å²) in [6, 6.07) is 7.39. The van der Waals surface area contributed by atoms with Gasteiger partial charge in [-0.05, 0) is 30.5 Å². The molecule has 0 saturated carbocycles. The monoisotopic (exact) mass is 308 g/mol. The Morgan fingerprint density at radius 1 is 1.19 bits per heavy atom. The Balaban J connectivity index is 1.95. The number of hydrogen-bond donors (Lipinski definition) is 0. The molecule has 0 N–H and O–H groups in total. The van der Waals surface area contributed by atoms with Crippen LogP contribution in [0.3, 0.4) is 0 Å². The van der Waals surface area contributed by atoms with Crippen LogP contribution in [0.4, 0.5) is 0 Å². The van der Waals surface area contributed by atoms with Crippen LogP contribution in [0.5, 0.6) is 0 Å². The quantitative estimate of drug-likeness (QED) is 0.804. The Hall–Kier alpha value is -1.55. The number of amides is 2. The van der Waals surface area contributed by atoms with Crippen molar-refractivity contribution in [3.63, 3.8) is 0 Å². The van der Waals surface area contributed by atoms with E-state index in [4.69, 9.17) is 11.6 Å². The van der Waals surface area contributed by atoms with E-state index in [-0.39, 0.29) is 17.7 Å². The number of carbonyl (C=O) groups excluding carboxylic acids is 2. The van der Waals surface area contributed by atoms with Crippen LogP contribution in [0, 0.1) is 5.92 Å². The number of hydrogen-bond acceptors (Lipinski definition) is 2. The molecule has 1 saturated heterocycles. The predicted octanol–water partition coefficient (Wildman–Crippen LogP) is 2.37. The van der Waals surface area contributed by atoms with Crippen LogP contribution in [0.1, 0.15) is 28.8 Å². The van der Waals surface area contributed by atoms with Crippen molar-refractivity contribution in [1.29, 1.82) is 0 Å². The fourth-order valence-electron chi connectivity index (χ4n) is 2.61. The van der Waals surface area contributed by atoms with Gasteiger partial charge in [0.15, 0.2) is 0 Å². The van der Waals surface area contributed by atoms with Gasteiger partial charge in [0.2, 0.25) is 5.91 Å². The van der Waals surface area contributed by atoms with E-state index in [1.807, 2.05) is 29.2 Å². The van der Waals surface area contributed by atoms with Crippen molar-refractivity contribution in [1.82, 2.24) is 9.80 Å². The SMILES string of the molecule is CN(C)C(=O)C1CCN(C(=O)c2ccc(CCl)cc2)CC1. The summed E-state index contributed by atoms with van der Waals surface area (Å²) >= 11 is 5.75. The number of benzene rings is 1. The average molecular weight is 309 g/mol. The van der Waals surface area contributed by atoms with Crippen molar-refractivity contribution < 1.29 is 9.59 Å². The van der Waals surface area contributed by atoms with Gasteiger partial charge < -0.3 is 9.80 Å². The number of halogens is 1. The molecule has 1 aliphatic rings. The fourth-order valence-corrected chi connectivity index (χ4v) is 2.79. The lowest BCUT2D eigenvalue weighted by molar-refractivity contribution is -0.134. The molecule has 0 spiro atoms. The van der Waals surface area contributed by atoms with E-state index >= 15 is 0 Å². The summed E-state index contributed by atoms with van der Waals surface area (Å²) in [4.78, 5) is 27.8. The number of likely N-dealkylation sites (tertiary alicyclic amines) is 1. The first-order chi connectivity index (χ1) is 10.0. The Morgan fingerprint density at radius 3 is 2.24 bits per heavy atom. The summed E-state index contributed by atoms with van der Waals surface area (Å²) < 4.78 is 0. The highest BCUT2D eigenvalue weighted by Gasteiger charge is 2.28. The van der Waals surface area contributed by atoms with Crippen LogP contribution in [-0.4, -0.2) is 48.8 Å². The van der Waals surface area contributed by atoms with E-state index in [1.54, 1.807) is 19.0 Å². The Labute approximate surface area is 130 Å². The first-order valence-corrected chi connectivity index (χ1v) is 7.71. The highest BCUT2D eigenvalue weighted by atomic mass is 35.5. The van der Waals surface area contributed by atoms with Gasteiger partial charge in [0, 0.05) is 44.5 Å². The maximum atomic E-state index is 12.4. The van der Waals surface area contributed by atoms with Gasteiger partial charge in [0.25, 0.3) is 5.91 Å². The van der Waals surface area contributed by atoms with Crippen molar-refractivity contribution in [2.45, 2.75) is 18.7 Å². The second-order valence-electron chi connectivity index (χ2n) is 5.63. The van der Waals surface area contributed by atoms with Crippen LogP contribution < -0.4 is 0 Å². The third kappa shape index (κ3) is 3.76. The zero-order valence-corrected chi connectivity index (χ0v) is 13.3. The van der Waals surface area contributed by atoms with Crippen molar-refractivity contribution in [3.8, 4) is 0 Å². The van der Waals surface area contributed by atoms with Crippen LogP contribution in [0.15, 0.2) is 24.3 Å². The van der Waals surface area contributed by atoms with Gasteiger partial charge in [-0.1, -0.05) is 12.1 Å². The third-order valence-electron chi connectivity index (χ3n) is 3.93. The Kier molecular flexibility index (Phi) is 5.23. The second kappa shape index (κ2) is 6.94. The van der Waals surface area contributed by atoms with Gasteiger partial charge in [-0.15, -0.1) is 11.6 Å². The molecular weight excluding hydrogens is 288 g/mol. The van der Waals surface area contributed by atoms with Gasteiger partial charge in [-0.2, -0.15) is 0 Å². The maximum Gasteiger partial charge on any atom is 0.253 e. The second-order valence-corrected chi connectivity index (χ2v) is 5.90. The smallest absolute Gasteiger partial charge is 0.253 e. The molecule has 1 aromatic rings. The predicted molar refractivity (Wildman–Crippen MR) is 83.3 cm³/mol. The molecule has 2 amide bonds. The summed E-state index contributed by atoms with van der Waals surface area (Å²) in [7, 11) is 3.55. The number of piperidine rings is 1. The molecule has 0 atom stereocenters. The average Bonchev–Trinajstić information content (AvgIpc) is 2.53. The van der Waals surface area contributed by atoms with Gasteiger partial charge >= 0.3 is 0 Å². The van der Waals surface area contributed by atoms with Crippen molar-refractivity contribution in [2.75, 3.05) is 27.2 Å². The highest BCUT2D eigenvalue weighted by molar-refractivity contribution is 6.17. The van der Waals surface area contributed by atoms with E-state index < -0.39 is 0 Å². The van der Waals surface area contributed by atoms with Gasteiger partial charge in [0.1, 0.15) is 0 Å². The molecule has 0 bridgehead atoms. The summed E-state index contributed by atoms with van der Waals surface area (Å²) in [5, 5.41) is 0. The molecule has 1 aromatic carbocycles. The van der Waals surface area contributed by atoms with Crippen molar-refractivity contribution in [2.24, 2.45) is 5.92 Å². The zero-order valence-electron chi connectivity index (χ0n) is 12.5. The number of rotatable bonds is 3. The highest BCUT2D eigenvalue weighted by Crippen LogP contribution is 2.20. The summed E-state index contributed by atoms with van der Waals surface area (Å²) in [5.74, 6) is 0.690. The summed E-state index contributed by atoms with van der Waals surface area (Å²) in [6.45, 7) is 1.28. The maximum absolute atomic E-state index is 12.4. The largest absolute Gasteiger partial charge is 0.349 e. The first-order valence-electron chi connectivity index (χ1n) is 7.18. The van der Waals surface area contributed by atoms with Crippen molar-refractivity contribution >= 4 is 23.4 Å². The molecular formula is C16H21ClN2O2. The number of carbonyl (C=O) groups is 2. The minimum absolute atomic E-state index is 0.0341. The lowest BCUT2D eigenvalue weighted by Gasteiger charge is -2.32. The standard InChI is InChI=1S/C16H21ClN2O2/c1-18(2)15(20)14-7-9-19(10-8-14)16(21)13-5-3-12(11-17)4-6-13/h3-6,14H,7-11H2,1-2H3. The van der Waals surface area contributed by atoms with E-state index in [0.717, 1.165) is 18.4 Å². The van der Waals surface area contributed by atoms with E-state index in [2.05, 4.69) is 0 Å². The zero-order chi connectivity index (χ0) is 15.4. The van der Waals surface area contributed by atoms with Crippen molar-refractivity contribution in [3.05, 3.63) is 35.4 Å². The lowest BCUT2D eigenvalue weighted by Crippen LogP contribution is -2.42. The Morgan fingerprint density at radius 2 is 1.76 bits per heavy atom. The van der Waals surface area contributed by atoms with E-state index in [0.29, 0.717) is 24.5 Å². The van der Waals surface area contributed by atoms with Gasteiger partial charge in [-0.3, -0.25) is 9.59 Å². The molecule has 4 nitrogen and oxygen atoms in total. The van der Waals surface area contributed by atoms with Crippen LogP contribution in [-0.2, 0) is 10.7 Å². The summed E-state index contributed by atoms with van der Waals surface area (Å²) in [6.07, 6.45) is 1.48. The molecule has 2 rings (SSSR count). The first kappa shape index (κ1) is 15.8. The van der Waals surface area contributed by atoms with Crippen LogP contribution in [0.2, 0.25) is 0 Å². The van der Waals surface area contributed by atoms with E-state index in [1.165, 1.54) is 0 Å². The van der Waals surface area contributed by atoms with Gasteiger partial charge in [-0.25, -0.2) is 0 Å². The van der Waals surface area contributed by atoms with Crippen LogP contribution in [0.25, 0.3) is 0 Å². The topological polar surface area (TPSA) is 40.6 Å². The molecule has 0 unspecified atom stereocenters. The van der Waals surface area contributed by atoms with Gasteiger partial charge in [0.05, 0.1) is 0 Å². The third-order valence-corrected chi connectivity index (χ3v) is 4.24. The molecule has 1 heterocycles. The summed E-state index contributed by atoms with van der Waals surface area (Å²) in [5.41, 5.74) is 1.68. The molecule has 1 aliphatic heterocycles. The molecule has 0 aliphatic carbocycles. The normalized spacial score (nSPS) is 15.9. The number of alkyl halides is 1. The molecule has 5 heteroatoms. The minimum atomic E-state index is 0.0341. The van der Waals surface area contributed by atoms with Crippen LogP contribution >= 0.6 is 11.6 Å². The van der Waals surface area contributed by atoms with E-state index in [9.17, 15) is 9.59 Å². The molecule has 0 radical (unpaired) electrons. The lowest BCUT2D eigenvalue weighted by atomic mass is 9.95. The number of nitrogens with zero attached hydrogens (tertiary/aromatic N) is 2. The molecule has 114 valence electrons. The molecule has 1 fully saturated rings. The Bertz CT molecular complexity index is 506. The minimum Gasteiger partial charge on any atom is -0.349 e. The fraction of sp³-hybridized carbons (Fsp3) is 0.500.